The van der Waals surface area contributed by atoms with Crippen LogP contribution < -0.4 is 5.73 Å². The highest BCUT2D eigenvalue weighted by Crippen LogP contribution is 2.24. The zero-order valence-corrected chi connectivity index (χ0v) is 9.67. The Kier molecular flexibility index (Phi) is 3.75. The van der Waals surface area contributed by atoms with Crippen molar-refractivity contribution in [1.82, 2.24) is 14.9 Å². The number of likely N-dealkylation sites (tertiary alicyclic amines) is 1. The van der Waals surface area contributed by atoms with Crippen LogP contribution in [0, 0.1) is 0 Å². The molecule has 2 unspecified atom stereocenters. The number of piperidine rings is 1. The van der Waals surface area contributed by atoms with Gasteiger partial charge in [0, 0.05) is 31.4 Å². The smallest absolute Gasteiger partial charge is 0.241 e. The van der Waals surface area contributed by atoms with Gasteiger partial charge < -0.3 is 20.7 Å². The second-order valence-corrected chi connectivity index (χ2v) is 4.39. The van der Waals surface area contributed by atoms with E-state index in [9.17, 15) is 4.79 Å². The number of aromatic amines is 1. The summed E-state index contributed by atoms with van der Waals surface area (Å²) in [6.45, 7) is 1.03. The standard InChI is InChI=1S/C11H18N4O2/c12-9(7-16)11(17)15-5-1-2-8(6-15)10-13-3-4-14-10/h3-4,8-9,16H,1-2,5-7,12H2,(H,13,14). The summed E-state index contributed by atoms with van der Waals surface area (Å²) in [4.78, 5) is 20.9. The zero-order chi connectivity index (χ0) is 12.3. The van der Waals surface area contributed by atoms with Gasteiger partial charge in [0.2, 0.25) is 5.91 Å². The molecule has 2 atom stereocenters. The molecule has 1 fully saturated rings. The molecule has 0 aliphatic carbocycles. The minimum Gasteiger partial charge on any atom is -0.394 e. The third-order valence-corrected chi connectivity index (χ3v) is 3.15. The lowest BCUT2D eigenvalue weighted by Gasteiger charge is -2.33. The fraction of sp³-hybridized carbons (Fsp3) is 0.636. The van der Waals surface area contributed by atoms with Crippen molar-refractivity contribution in [3.8, 4) is 0 Å². The van der Waals surface area contributed by atoms with Gasteiger partial charge in [0.15, 0.2) is 0 Å². The number of imidazole rings is 1. The maximum atomic E-state index is 11.9. The Bertz CT molecular complexity index is 366. The summed E-state index contributed by atoms with van der Waals surface area (Å²) in [7, 11) is 0. The van der Waals surface area contributed by atoms with E-state index in [0.717, 1.165) is 18.7 Å². The molecular formula is C11H18N4O2. The molecule has 1 aromatic rings. The van der Waals surface area contributed by atoms with E-state index in [1.165, 1.54) is 0 Å². The fourth-order valence-corrected chi connectivity index (χ4v) is 2.21. The molecule has 17 heavy (non-hydrogen) atoms. The number of hydrogen-bond donors (Lipinski definition) is 3. The number of carbonyl (C=O) groups is 1. The zero-order valence-electron chi connectivity index (χ0n) is 9.67. The molecule has 1 aliphatic rings. The van der Waals surface area contributed by atoms with E-state index in [-0.39, 0.29) is 18.4 Å². The number of amides is 1. The van der Waals surface area contributed by atoms with Crippen molar-refractivity contribution in [2.75, 3.05) is 19.7 Å². The SMILES string of the molecule is NC(CO)C(=O)N1CCCC(c2ncc[nH]2)C1. The Morgan fingerprint density at radius 1 is 1.76 bits per heavy atom. The van der Waals surface area contributed by atoms with Gasteiger partial charge in [-0.3, -0.25) is 4.79 Å². The summed E-state index contributed by atoms with van der Waals surface area (Å²) in [5, 5.41) is 8.89. The van der Waals surface area contributed by atoms with Gasteiger partial charge >= 0.3 is 0 Å². The van der Waals surface area contributed by atoms with Gasteiger partial charge in [-0.2, -0.15) is 0 Å². The summed E-state index contributed by atoms with van der Waals surface area (Å²) in [5.74, 6) is 0.984. The van der Waals surface area contributed by atoms with Gasteiger partial charge in [0.1, 0.15) is 11.9 Å². The number of nitrogens with zero attached hydrogens (tertiary/aromatic N) is 2. The number of carbonyl (C=O) groups excluding carboxylic acids is 1. The Hall–Kier alpha value is -1.40. The number of nitrogens with one attached hydrogen (secondary N) is 1. The van der Waals surface area contributed by atoms with Crippen LogP contribution in [-0.4, -0.2) is 51.6 Å². The first-order valence-electron chi connectivity index (χ1n) is 5.87. The quantitative estimate of drug-likeness (QED) is 0.657. The second-order valence-electron chi connectivity index (χ2n) is 4.39. The highest BCUT2D eigenvalue weighted by Gasteiger charge is 2.28. The summed E-state index contributed by atoms with van der Waals surface area (Å²) in [5.41, 5.74) is 5.55. The molecule has 6 nitrogen and oxygen atoms in total. The highest BCUT2D eigenvalue weighted by atomic mass is 16.3. The molecular weight excluding hydrogens is 220 g/mol. The molecule has 1 saturated heterocycles. The maximum absolute atomic E-state index is 11.9. The Morgan fingerprint density at radius 2 is 2.59 bits per heavy atom. The summed E-state index contributed by atoms with van der Waals surface area (Å²) in [6.07, 6.45) is 5.46. The van der Waals surface area contributed by atoms with Crippen LogP contribution >= 0.6 is 0 Å². The van der Waals surface area contributed by atoms with E-state index in [1.54, 1.807) is 17.3 Å². The highest BCUT2D eigenvalue weighted by molar-refractivity contribution is 5.81. The molecule has 1 aromatic heterocycles. The third-order valence-electron chi connectivity index (χ3n) is 3.15. The minimum absolute atomic E-state index is 0.177. The van der Waals surface area contributed by atoms with Gasteiger partial charge in [0.25, 0.3) is 0 Å². The van der Waals surface area contributed by atoms with E-state index in [2.05, 4.69) is 9.97 Å². The molecule has 94 valence electrons. The molecule has 0 radical (unpaired) electrons. The average molecular weight is 238 g/mol. The Labute approximate surface area is 99.8 Å². The Balaban J connectivity index is 2.00. The summed E-state index contributed by atoms with van der Waals surface area (Å²) in [6, 6.07) is -0.801. The van der Waals surface area contributed by atoms with Crippen LogP contribution in [0.15, 0.2) is 12.4 Å². The number of aliphatic hydroxyl groups excluding tert-OH is 1. The van der Waals surface area contributed by atoms with Crippen molar-refractivity contribution in [3.63, 3.8) is 0 Å². The lowest BCUT2D eigenvalue weighted by atomic mass is 9.97. The third kappa shape index (κ3) is 2.65. The van der Waals surface area contributed by atoms with E-state index in [1.807, 2.05) is 0 Å². The van der Waals surface area contributed by atoms with Gasteiger partial charge in [-0.25, -0.2) is 4.98 Å². The maximum Gasteiger partial charge on any atom is 0.241 e. The molecule has 0 bridgehead atoms. The van der Waals surface area contributed by atoms with E-state index < -0.39 is 6.04 Å². The Morgan fingerprint density at radius 3 is 3.24 bits per heavy atom. The molecule has 0 saturated carbocycles. The normalized spacial score (nSPS) is 22.5. The summed E-state index contributed by atoms with van der Waals surface area (Å²) >= 11 is 0. The van der Waals surface area contributed by atoms with Crippen molar-refractivity contribution >= 4 is 5.91 Å². The van der Waals surface area contributed by atoms with Crippen LogP contribution in [0.2, 0.25) is 0 Å². The first-order valence-corrected chi connectivity index (χ1v) is 5.87. The number of rotatable bonds is 3. The van der Waals surface area contributed by atoms with E-state index in [0.29, 0.717) is 13.1 Å². The van der Waals surface area contributed by atoms with Crippen molar-refractivity contribution in [2.24, 2.45) is 5.73 Å². The van der Waals surface area contributed by atoms with Crippen LogP contribution in [0.3, 0.4) is 0 Å². The van der Waals surface area contributed by atoms with Gasteiger partial charge in [-0.05, 0) is 12.8 Å². The lowest BCUT2D eigenvalue weighted by molar-refractivity contribution is -0.134. The van der Waals surface area contributed by atoms with Crippen molar-refractivity contribution in [1.29, 1.82) is 0 Å². The van der Waals surface area contributed by atoms with Crippen LogP contribution in [0.4, 0.5) is 0 Å². The van der Waals surface area contributed by atoms with Gasteiger partial charge in [0.05, 0.1) is 6.61 Å². The van der Waals surface area contributed by atoms with Gasteiger partial charge in [-0.1, -0.05) is 0 Å². The number of hydrogen-bond acceptors (Lipinski definition) is 4. The van der Waals surface area contributed by atoms with Crippen molar-refractivity contribution < 1.29 is 9.90 Å². The predicted molar refractivity (Wildman–Crippen MR) is 62.2 cm³/mol. The first-order chi connectivity index (χ1) is 8.22. The van der Waals surface area contributed by atoms with Crippen LogP contribution in [0.1, 0.15) is 24.6 Å². The predicted octanol–water partition coefficient (Wildman–Crippen LogP) is -0.565. The van der Waals surface area contributed by atoms with Crippen LogP contribution in [0.25, 0.3) is 0 Å². The largest absolute Gasteiger partial charge is 0.394 e. The lowest BCUT2D eigenvalue weighted by Crippen LogP contribution is -2.49. The minimum atomic E-state index is -0.801. The molecule has 4 N–H and O–H groups in total. The molecule has 2 heterocycles. The number of H-pyrrole nitrogens is 1. The van der Waals surface area contributed by atoms with Crippen LogP contribution in [-0.2, 0) is 4.79 Å². The number of aliphatic hydroxyl groups is 1. The fourth-order valence-electron chi connectivity index (χ4n) is 2.21. The molecule has 2 rings (SSSR count). The molecule has 0 aromatic carbocycles. The molecule has 1 aliphatic heterocycles. The monoisotopic (exact) mass is 238 g/mol. The topological polar surface area (TPSA) is 95.2 Å². The van der Waals surface area contributed by atoms with E-state index in [4.69, 9.17) is 10.8 Å². The first kappa shape index (κ1) is 12.1. The molecule has 6 heteroatoms. The second kappa shape index (κ2) is 5.29. The molecule has 0 spiro atoms. The number of aromatic nitrogens is 2. The van der Waals surface area contributed by atoms with E-state index >= 15 is 0 Å². The van der Waals surface area contributed by atoms with Crippen molar-refractivity contribution in [2.45, 2.75) is 24.8 Å². The number of nitrogens with two attached hydrogens (primary N) is 1. The molecule has 1 amide bonds. The summed E-state index contributed by atoms with van der Waals surface area (Å²) < 4.78 is 0. The van der Waals surface area contributed by atoms with Crippen LogP contribution in [0.5, 0.6) is 0 Å². The van der Waals surface area contributed by atoms with Gasteiger partial charge in [-0.15, -0.1) is 0 Å². The van der Waals surface area contributed by atoms with Crippen molar-refractivity contribution in [3.05, 3.63) is 18.2 Å². The average Bonchev–Trinajstić information content (AvgIpc) is 2.91.